The molecule has 1 aromatic carbocycles. The fourth-order valence-corrected chi connectivity index (χ4v) is 1.90. The Morgan fingerprint density at radius 3 is 2.86 bits per heavy atom. The van der Waals surface area contributed by atoms with Crippen molar-refractivity contribution in [3.8, 4) is 0 Å². The highest BCUT2D eigenvalue weighted by Gasteiger charge is 2.07. The van der Waals surface area contributed by atoms with E-state index in [0.717, 1.165) is 11.9 Å². The van der Waals surface area contributed by atoms with Gasteiger partial charge in [0.2, 0.25) is 0 Å². The van der Waals surface area contributed by atoms with Crippen molar-refractivity contribution in [1.29, 1.82) is 0 Å². The zero-order chi connectivity index (χ0) is 10.1. The largest absolute Gasteiger partial charge is 0.278 e. The molecule has 0 amide bonds. The van der Waals surface area contributed by atoms with Crippen LogP contribution in [0.15, 0.2) is 18.3 Å². The van der Waals surface area contributed by atoms with Crippen LogP contribution in [0.1, 0.15) is 39.2 Å². The van der Waals surface area contributed by atoms with E-state index in [-0.39, 0.29) is 1.43 Å². The number of hydrogen-bond acceptors (Lipinski definition) is 1. The first-order chi connectivity index (χ1) is 6.72. The summed E-state index contributed by atoms with van der Waals surface area (Å²) in [6.07, 6.45) is 2.98. The van der Waals surface area contributed by atoms with Gasteiger partial charge in [-0.2, -0.15) is 5.10 Å². The third kappa shape index (κ3) is 1.41. The SMILES string of the molecule is CCc1cc2[nH]ncc2cc1C(C)C.[HH]. The maximum atomic E-state index is 4.05. The van der Waals surface area contributed by atoms with Crippen LogP contribution < -0.4 is 0 Å². The third-order valence-corrected chi connectivity index (χ3v) is 2.70. The molecular weight excluding hydrogens is 172 g/mol. The monoisotopic (exact) mass is 190 g/mol. The Hall–Kier alpha value is -1.31. The number of nitrogens with zero attached hydrogens (tertiary/aromatic N) is 1. The molecule has 1 heterocycles. The smallest absolute Gasteiger partial charge is 0.0653 e. The standard InChI is InChI=1S/C12H16N2.H2/c1-4-9-6-12-10(7-13-14-12)5-11(9)8(2)3;/h5-8H,4H2,1-3H3,(H,13,14);1H. The molecule has 0 aliphatic carbocycles. The van der Waals surface area contributed by atoms with Crippen molar-refractivity contribution >= 4 is 10.9 Å². The van der Waals surface area contributed by atoms with E-state index in [1.165, 1.54) is 16.5 Å². The first-order valence-corrected chi connectivity index (χ1v) is 5.18. The predicted molar refractivity (Wildman–Crippen MR) is 61.7 cm³/mol. The zero-order valence-electron chi connectivity index (χ0n) is 8.96. The molecular formula is C12H18N2. The van der Waals surface area contributed by atoms with E-state index >= 15 is 0 Å². The summed E-state index contributed by atoms with van der Waals surface area (Å²) in [5.74, 6) is 0.587. The molecule has 14 heavy (non-hydrogen) atoms. The topological polar surface area (TPSA) is 28.7 Å². The Balaban J connectivity index is 0.00000112. The number of aryl methyl sites for hydroxylation is 1. The second-order valence-corrected chi connectivity index (χ2v) is 4.02. The van der Waals surface area contributed by atoms with Crippen LogP contribution in [0.3, 0.4) is 0 Å². The van der Waals surface area contributed by atoms with Crippen LogP contribution in [0.2, 0.25) is 0 Å². The van der Waals surface area contributed by atoms with Crippen LogP contribution in [0.4, 0.5) is 0 Å². The highest BCUT2D eigenvalue weighted by molar-refractivity contribution is 5.79. The average molecular weight is 190 g/mol. The second kappa shape index (κ2) is 3.45. The Labute approximate surface area is 85.8 Å². The molecule has 2 rings (SSSR count). The van der Waals surface area contributed by atoms with E-state index in [9.17, 15) is 0 Å². The summed E-state index contributed by atoms with van der Waals surface area (Å²) < 4.78 is 0. The number of benzene rings is 1. The minimum Gasteiger partial charge on any atom is -0.278 e. The van der Waals surface area contributed by atoms with Crippen molar-refractivity contribution < 1.29 is 1.43 Å². The van der Waals surface area contributed by atoms with Gasteiger partial charge in [-0.3, -0.25) is 5.10 Å². The minimum atomic E-state index is 0. The molecule has 0 atom stereocenters. The summed E-state index contributed by atoms with van der Waals surface area (Å²) in [5, 5.41) is 8.28. The van der Waals surface area contributed by atoms with Crippen LogP contribution in [0.5, 0.6) is 0 Å². The normalized spacial score (nSPS) is 11.4. The highest BCUT2D eigenvalue weighted by Crippen LogP contribution is 2.24. The van der Waals surface area contributed by atoms with Crippen molar-refractivity contribution in [2.75, 3.05) is 0 Å². The van der Waals surface area contributed by atoms with Gasteiger partial charge in [0.15, 0.2) is 0 Å². The van der Waals surface area contributed by atoms with Gasteiger partial charge in [-0.1, -0.05) is 20.8 Å². The fourth-order valence-electron chi connectivity index (χ4n) is 1.90. The lowest BCUT2D eigenvalue weighted by Gasteiger charge is -2.11. The molecule has 1 N–H and O–H groups in total. The fraction of sp³-hybridized carbons (Fsp3) is 0.417. The quantitative estimate of drug-likeness (QED) is 0.771. The Morgan fingerprint density at radius 2 is 2.21 bits per heavy atom. The molecule has 0 saturated heterocycles. The first kappa shape index (κ1) is 9.25. The van der Waals surface area contributed by atoms with E-state index in [4.69, 9.17) is 0 Å². The molecule has 0 radical (unpaired) electrons. The van der Waals surface area contributed by atoms with Gasteiger partial charge in [0.05, 0.1) is 11.7 Å². The first-order valence-electron chi connectivity index (χ1n) is 5.18. The molecule has 0 bridgehead atoms. The van der Waals surface area contributed by atoms with Crippen molar-refractivity contribution in [1.82, 2.24) is 10.2 Å². The second-order valence-electron chi connectivity index (χ2n) is 4.02. The van der Waals surface area contributed by atoms with E-state index < -0.39 is 0 Å². The summed E-state index contributed by atoms with van der Waals surface area (Å²) in [5.41, 5.74) is 4.02. The van der Waals surface area contributed by atoms with Gasteiger partial charge in [0.25, 0.3) is 0 Å². The summed E-state index contributed by atoms with van der Waals surface area (Å²) in [4.78, 5) is 0. The lowest BCUT2D eigenvalue weighted by Crippen LogP contribution is -1.94. The van der Waals surface area contributed by atoms with Gasteiger partial charge < -0.3 is 0 Å². The van der Waals surface area contributed by atoms with Crippen LogP contribution in [-0.4, -0.2) is 10.2 Å². The van der Waals surface area contributed by atoms with Crippen LogP contribution >= 0.6 is 0 Å². The molecule has 0 unspecified atom stereocenters. The third-order valence-electron chi connectivity index (χ3n) is 2.70. The van der Waals surface area contributed by atoms with Gasteiger partial charge in [0, 0.05) is 6.81 Å². The molecule has 2 nitrogen and oxygen atoms in total. The van der Waals surface area contributed by atoms with E-state index in [0.29, 0.717) is 5.92 Å². The molecule has 0 aliphatic rings. The predicted octanol–water partition coefficient (Wildman–Crippen LogP) is 3.49. The van der Waals surface area contributed by atoms with Crippen molar-refractivity contribution in [2.45, 2.75) is 33.1 Å². The van der Waals surface area contributed by atoms with Gasteiger partial charge in [-0.15, -0.1) is 0 Å². The van der Waals surface area contributed by atoms with Crippen molar-refractivity contribution in [3.63, 3.8) is 0 Å². The number of nitrogens with one attached hydrogen (secondary N) is 1. The average Bonchev–Trinajstić information content (AvgIpc) is 2.62. The van der Waals surface area contributed by atoms with Crippen LogP contribution in [-0.2, 0) is 6.42 Å². The molecule has 0 fully saturated rings. The number of rotatable bonds is 2. The number of aromatic amines is 1. The molecule has 0 aliphatic heterocycles. The summed E-state index contributed by atoms with van der Waals surface area (Å²) in [6.45, 7) is 6.67. The molecule has 1 aromatic heterocycles. The number of fused-ring (bicyclic) bond motifs is 1. The van der Waals surface area contributed by atoms with Crippen LogP contribution in [0.25, 0.3) is 10.9 Å². The summed E-state index contributed by atoms with van der Waals surface area (Å²) in [7, 11) is 0. The summed E-state index contributed by atoms with van der Waals surface area (Å²) in [6, 6.07) is 4.47. The Morgan fingerprint density at radius 1 is 1.43 bits per heavy atom. The van der Waals surface area contributed by atoms with Gasteiger partial charge >= 0.3 is 0 Å². The van der Waals surface area contributed by atoms with E-state index in [1.807, 2.05) is 6.20 Å². The number of aromatic nitrogens is 2. The maximum Gasteiger partial charge on any atom is 0.0653 e. The van der Waals surface area contributed by atoms with E-state index in [1.54, 1.807) is 0 Å². The zero-order valence-corrected chi connectivity index (χ0v) is 8.96. The van der Waals surface area contributed by atoms with Gasteiger partial charge in [-0.05, 0) is 35.6 Å². The molecule has 2 aromatic rings. The lowest BCUT2D eigenvalue weighted by atomic mass is 9.94. The molecule has 2 heteroatoms. The number of hydrogen-bond donors (Lipinski definition) is 1. The van der Waals surface area contributed by atoms with Gasteiger partial charge in [0.1, 0.15) is 0 Å². The van der Waals surface area contributed by atoms with Crippen molar-refractivity contribution in [2.24, 2.45) is 0 Å². The Kier molecular flexibility index (Phi) is 2.28. The summed E-state index contributed by atoms with van der Waals surface area (Å²) >= 11 is 0. The lowest BCUT2D eigenvalue weighted by molar-refractivity contribution is 0.847. The minimum absolute atomic E-state index is 0. The van der Waals surface area contributed by atoms with Crippen LogP contribution in [0, 0.1) is 0 Å². The molecule has 76 valence electrons. The Bertz CT molecular complexity index is 446. The van der Waals surface area contributed by atoms with Gasteiger partial charge in [-0.25, -0.2) is 0 Å². The maximum absolute atomic E-state index is 4.05. The van der Waals surface area contributed by atoms with E-state index in [2.05, 4.69) is 43.1 Å². The number of H-pyrrole nitrogens is 1. The molecule has 0 saturated carbocycles. The molecule has 0 spiro atoms. The highest BCUT2D eigenvalue weighted by atomic mass is 15.1. The van der Waals surface area contributed by atoms with Crippen molar-refractivity contribution in [3.05, 3.63) is 29.5 Å².